The van der Waals surface area contributed by atoms with Gasteiger partial charge in [-0.3, -0.25) is 4.79 Å². The Bertz CT molecular complexity index is 729. The van der Waals surface area contributed by atoms with Gasteiger partial charge >= 0.3 is 5.97 Å². The molecule has 0 radical (unpaired) electrons. The molecular formula is C14H11NO3S. The largest absolute Gasteiger partial charge is 0.481 e. The van der Waals surface area contributed by atoms with Crippen LogP contribution in [0.1, 0.15) is 11.4 Å². The lowest BCUT2D eigenvalue weighted by atomic mass is 10.1. The number of hydrogen-bond acceptors (Lipinski definition) is 4. The minimum atomic E-state index is -0.805. The molecule has 1 N–H and O–H groups in total. The van der Waals surface area contributed by atoms with Crippen molar-refractivity contribution in [1.82, 2.24) is 4.98 Å². The molecule has 0 fully saturated rings. The van der Waals surface area contributed by atoms with E-state index < -0.39 is 5.97 Å². The summed E-state index contributed by atoms with van der Waals surface area (Å²) in [5.41, 5.74) is 0.770. The van der Waals surface area contributed by atoms with Crippen LogP contribution in [0.25, 0.3) is 22.2 Å². The van der Waals surface area contributed by atoms with Crippen LogP contribution in [0.2, 0.25) is 0 Å². The molecule has 96 valence electrons. The van der Waals surface area contributed by atoms with Gasteiger partial charge in [0, 0.05) is 22.6 Å². The number of carboxylic acids is 1. The summed E-state index contributed by atoms with van der Waals surface area (Å²) in [5, 5.41) is 13.5. The number of aryl methyl sites for hydroxylation is 1. The van der Waals surface area contributed by atoms with Gasteiger partial charge in [-0.1, -0.05) is 24.3 Å². The first-order valence-corrected chi connectivity index (χ1v) is 6.75. The lowest BCUT2D eigenvalue weighted by Gasteiger charge is -1.93. The summed E-state index contributed by atoms with van der Waals surface area (Å²) < 4.78 is 5.57. The van der Waals surface area contributed by atoms with Crippen LogP contribution in [0, 0.1) is 0 Å². The molecule has 0 bridgehead atoms. The van der Waals surface area contributed by atoms with Gasteiger partial charge in [-0.25, -0.2) is 4.98 Å². The van der Waals surface area contributed by atoms with E-state index in [9.17, 15) is 4.79 Å². The topological polar surface area (TPSA) is 63.3 Å². The predicted octanol–water partition coefficient (Wildman–Crippen LogP) is 3.57. The third-order valence-corrected chi connectivity index (χ3v) is 3.75. The third kappa shape index (κ3) is 2.37. The maximum Gasteiger partial charge on any atom is 0.303 e. The molecule has 19 heavy (non-hydrogen) atoms. The van der Waals surface area contributed by atoms with Crippen molar-refractivity contribution in [3.63, 3.8) is 0 Å². The van der Waals surface area contributed by atoms with Crippen molar-refractivity contribution in [3.05, 3.63) is 40.9 Å². The fourth-order valence-corrected chi connectivity index (χ4v) is 2.71. The van der Waals surface area contributed by atoms with Gasteiger partial charge < -0.3 is 9.52 Å². The zero-order valence-corrected chi connectivity index (χ0v) is 10.8. The highest BCUT2D eigenvalue weighted by Crippen LogP contribution is 2.31. The average Bonchev–Trinajstić information content (AvgIpc) is 3.02. The van der Waals surface area contributed by atoms with Crippen LogP contribution < -0.4 is 0 Å². The molecule has 0 aliphatic rings. The summed E-state index contributed by atoms with van der Waals surface area (Å²) >= 11 is 1.46. The van der Waals surface area contributed by atoms with E-state index in [4.69, 9.17) is 9.52 Å². The van der Waals surface area contributed by atoms with Gasteiger partial charge in [0.15, 0.2) is 5.76 Å². The van der Waals surface area contributed by atoms with Crippen molar-refractivity contribution in [1.29, 1.82) is 0 Å². The second kappa shape index (κ2) is 4.85. The number of furan rings is 1. The zero-order chi connectivity index (χ0) is 13.2. The van der Waals surface area contributed by atoms with E-state index in [1.54, 1.807) is 6.26 Å². The third-order valence-electron chi connectivity index (χ3n) is 2.85. The Balaban J connectivity index is 1.92. The average molecular weight is 273 g/mol. The number of aliphatic carboxylic acids is 1. The Labute approximate surface area is 113 Å². The minimum absolute atomic E-state index is 0.103. The number of carbonyl (C=O) groups is 1. The molecule has 4 nitrogen and oxygen atoms in total. The first kappa shape index (κ1) is 11.9. The van der Waals surface area contributed by atoms with Crippen LogP contribution in [-0.2, 0) is 11.2 Å². The Hall–Kier alpha value is -2.14. The molecule has 1 aromatic carbocycles. The molecule has 2 aromatic heterocycles. The van der Waals surface area contributed by atoms with E-state index in [1.165, 1.54) is 11.3 Å². The highest BCUT2D eigenvalue weighted by atomic mass is 32.1. The fraction of sp³-hybridized carbons (Fsp3) is 0.143. The molecule has 0 saturated heterocycles. The van der Waals surface area contributed by atoms with Crippen LogP contribution >= 0.6 is 11.3 Å². The van der Waals surface area contributed by atoms with Crippen LogP contribution in [0.3, 0.4) is 0 Å². The van der Waals surface area contributed by atoms with Crippen LogP contribution in [-0.4, -0.2) is 16.1 Å². The number of thiazole rings is 1. The highest BCUT2D eigenvalue weighted by Gasteiger charge is 2.12. The molecule has 0 saturated carbocycles. The summed E-state index contributed by atoms with van der Waals surface area (Å²) in [6, 6.07) is 7.89. The molecule has 0 aliphatic carbocycles. The molecule has 0 aliphatic heterocycles. The number of carboxylic acid groups (broad SMARTS) is 1. The Kier molecular flexibility index (Phi) is 3.05. The minimum Gasteiger partial charge on any atom is -0.481 e. The standard InChI is InChI=1S/C14H11NO3S/c16-13(17)6-5-12-15-11(8-19-12)14-10-4-2-1-3-9(10)7-18-14/h1-4,7-8H,5-6H2,(H,16,17). The van der Waals surface area contributed by atoms with Crippen LogP contribution in [0.15, 0.2) is 40.3 Å². The lowest BCUT2D eigenvalue weighted by Crippen LogP contribution is -1.96. The zero-order valence-electron chi connectivity index (χ0n) is 10.00. The molecule has 0 amide bonds. The second-order valence-electron chi connectivity index (χ2n) is 4.17. The van der Waals surface area contributed by atoms with Gasteiger partial charge in [0.2, 0.25) is 0 Å². The van der Waals surface area contributed by atoms with Gasteiger partial charge in [-0.2, -0.15) is 0 Å². The van der Waals surface area contributed by atoms with Gasteiger partial charge in [0.1, 0.15) is 5.69 Å². The molecule has 3 rings (SSSR count). The van der Waals surface area contributed by atoms with Gasteiger partial charge in [0.25, 0.3) is 0 Å². The van der Waals surface area contributed by atoms with E-state index in [-0.39, 0.29) is 6.42 Å². The molecule has 5 heteroatoms. The molecular weight excluding hydrogens is 262 g/mol. The first-order chi connectivity index (χ1) is 9.24. The first-order valence-electron chi connectivity index (χ1n) is 5.87. The number of benzene rings is 1. The molecule has 0 atom stereocenters. The van der Waals surface area contributed by atoms with Gasteiger partial charge in [-0.05, 0) is 0 Å². The van der Waals surface area contributed by atoms with E-state index in [1.807, 2.05) is 29.6 Å². The van der Waals surface area contributed by atoms with Crippen molar-refractivity contribution < 1.29 is 14.3 Å². The highest BCUT2D eigenvalue weighted by molar-refractivity contribution is 7.09. The maximum atomic E-state index is 10.5. The number of nitrogens with zero attached hydrogens (tertiary/aromatic N) is 1. The number of hydrogen-bond donors (Lipinski definition) is 1. The summed E-state index contributed by atoms with van der Waals surface area (Å²) in [4.78, 5) is 15.0. The van der Waals surface area contributed by atoms with Crippen molar-refractivity contribution >= 4 is 28.1 Å². The SMILES string of the molecule is O=C(O)CCc1nc(-c2occ3ccccc23)cs1. The summed E-state index contributed by atoms with van der Waals surface area (Å²) in [6.07, 6.45) is 2.27. The Morgan fingerprint density at radius 3 is 3.05 bits per heavy atom. The normalized spacial score (nSPS) is 10.9. The summed E-state index contributed by atoms with van der Waals surface area (Å²) in [5.74, 6) is -0.0615. The van der Waals surface area contributed by atoms with Crippen molar-refractivity contribution in [2.45, 2.75) is 12.8 Å². The molecule has 0 spiro atoms. The van der Waals surface area contributed by atoms with E-state index in [2.05, 4.69) is 4.98 Å². The lowest BCUT2D eigenvalue weighted by molar-refractivity contribution is -0.136. The maximum absolute atomic E-state index is 10.5. The number of rotatable bonds is 4. The Morgan fingerprint density at radius 2 is 2.21 bits per heavy atom. The number of aromatic nitrogens is 1. The van der Waals surface area contributed by atoms with E-state index in [0.29, 0.717) is 6.42 Å². The molecule has 3 aromatic rings. The van der Waals surface area contributed by atoms with Crippen LogP contribution in [0.5, 0.6) is 0 Å². The predicted molar refractivity (Wildman–Crippen MR) is 73.3 cm³/mol. The summed E-state index contributed by atoms with van der Waals surface area (Å²) in [7, 11) is 0. The molecule has 0 unspecified atom stereocenters. The van der Waals surface area contributed by atoms with Gasteiger partial charge in [-0.15, -0.1) is 11.3 Å². The summed E-state index contributed by atoms with van der Waals surface area (Å²) in [6.45, 7) is 0. The van der Waals surface area contributed by atoms with Crippen molar-refractivity contribution in [3.8, 4) is 11.5 Å². The van der Waals surface area contributed by atoms with E-state index >= 15 is 0 Å². The smallest absolute Gasteiger partial charge is 0.303 e. The Morgan fingerprint density at radius 1 is 1.37 bits per heavy atom. The van der Waals surface area contributed by atoms with E-state index in [0.717, 1.165) is 27.2 Å². The second-order valence-corrected chi connectivity index (χ2v) is 5.11. The van der Waals surface area contributed by atoms with Crippen molar-refractivity contribution in [2.75, 3.05) is 0 Å². The van der Waals surface area contributed by atoms with Gasteiger partial charge in [0.05, 0.1) is 17.7 Å². The van der Waals surface area contributed by atoms with Crippen molar-refractivity contribution in [2.24, 2.45) is 0 Å². The monoisotopic (exact) mass is 273 g/mol. The molecule has 2 heterocycles. The fourth-order valence-electron chi connectivity index (χ4n) is 1.93. The van der Waals surface area contributed by atoms with Crippen LogP contribution in [0.4, 0.5) is 0 Å². The quantitative estimate of drug-likeness (QED) is 0.789. The number of fused-ring (bicyclic) bond motifs is 1.